The Balaban J connectivity index is 2.15. The van der Waals surface area contributed by atoms with Crippen LogP contribution in [0.1, 0.15) is 16.3 Å². The third-order valence-electron chi connectivity index (χ3n) is 2.64. The van der Waals surface area contributed by atoms with Crippen LogP contribution in [0.4, 0.5) is 5.69 Å². The van der Waals surface area contributed by atoms with Crippen LogP contribution in [0.25, 0.3) is 0 Å². The third-order valence-corrected chi connectivity index (χ3v) is 4.75. The summed E-state index contributed by atoms with van der Waals surface area (Å²) in [6, 6.07) is 6.42. The lowest BCUT2D eigenvalue weighted by atomic mass is 10.2. The second kappa shape index (κ2) is 6.17. The number of thiazole rings is 1. The minimum absolute atomic E-state index is 0.830. The summed E-state index contributed by atoms with van der Waals surface area (Å²) >= 11 is 8.79. The number of benzene rings is 1. The summed E-state index contributed by atoms with van der Waals surface area (Å²) in [4.78, 5) is 6.70. The van der Waals surface area contributed by atoms with E-state index in [1.807, 2.05) is 6.92 Å². The Hall–Kier alpha value is -0.390. The van der Waals surface area contributed by atoms with Crippen LogP contribution in [0.5, 0.6) is 0 Å². The molecule has 0 aliphatic carbocycles. The monoisotopic (exact) mass is 388 g/mol. The van der Waals surface area contributed by atoms with Gasteiger partial charge in [-0.2, -0.15) is 0 Å². The second-order valence-corrected chi connectivity index (χ2v) is 6.61. The Morgan fingerprint density at radius 3 is 2.72 bits per heavy atom. The van der Waals surface area contributed by atoms with E-state index in [1.54, 1.807) is 11.3 Å². The maximum Gasteiger partial charge on any atom is 0.0898 e. The number of hydrogen-bond acceptors (Lipinski definition) is 3. The zero-order valence-electron chi connectivity index (χ0n) is 10.3. The van der Waals surface area contributed by atoms with Gasteiger partial charge in [0.1, 0.15) is 0 Å². The highest BCUT2D eigenvalue weighted by Gasteiger charge is 2.08. The first-order chi connectivity index (χ1) is 8.60. The van der Waals surface area contributed by atoms with Gasteiger partial charge in [0, 0.05) is 22.2 Å². The van der Waals surface area contributed by atoms with Gasteiger partial charge in [0.05, 0.1) is 22.9 Å². The van der Waals surface area contributed by atoms with E-state index in [2.05, 4.69) is 72.4 Å². The highest BCUT2D eigenvalue weighted by atomic mass is 79.9. The van der Waals surface area contributed by atoms with Gasteiger partial charge in [-0.3, -0.25) is 0 Å². The van der Waals surface area contributed by atoms with Crippen molar-refractivity contribution in [3.8, 4) is 0 Å². The molecule has 0 atom stereocenters. The Kier molecular flexibility index (Phi) is 4.81. The fourth-order valence-corrected chi connectivity index (χ4v) is 3.43. The highest BCUT2D eigenvalue weighted by Crippen LogP contribution is 2.28. The van der Waals surface area contributed by atoms with E-state index in [9.17, 15) is 0 Å². The van der Waals surface area contributed by atoms with Crippen molar-refractivity contribution in [3.63, 3.8) is 0 Å². The van der Waals surface area contributed by atoms with E-state index >= 15 is 0 Å². The number of hydrogen-bond donors (Lipinski definition) is 0. The molecule has 0 aliphatic rings. The highest BCUT2D eigenvalue weighted by molar-refractivity contribution is 9.10. The quantitative estimate of drug-likeness (QED) is 0.701. The predicted molar refractivity (Wildman–Crippen MR) is 85.7 cm³/mol. The molecule has 2 nitrogen and oxygen atoms in total. The molecule has 0 unspecified atom stereocenters. The van der Waals surface area contributed by atoms with E-state index in [-0.39, 0.29) is 0 Å². The van der Waals surface area contributed by atoms with Crippen molar-refractivity contribution in [2.24, 2.45) is 0 Å². The van der Waals surface area contributed by atoms with Gasteiger partial charge in [0.25, 0.3) is 0 Å². The lowest BCUT2D eigenvalue weighted by Gasteiger charge is -2.20. The smallest absolute Gasteiger partial charge is 0.0898 e. The number of alkyl halides is 1. The topological polar surface area (TPSA) is 16.1 Å². The summed E-state index contributed by atoms with van der Waals surface area (Å²) in [5, 5.41) is 4.11. The third kappa shape index (κ3) is 3.33. The maximum absolute atomic E-state index is 4.49. The van der Waals surface area contributed by atoms with E-state index in [1.165, 1.54) is 11.3 Å². The number of halogens is 2. The van der Waals surface area contributed by atoms with Crippen molar-refractivity contribution in [1.29, 1.82) is 0 Å². The van der Waals surface area contributed by atoms with Crippen molar-refractivity contribution in [2.45, 2.75) is 18.8 Å². The molecule has 1 aromatic carbocycles. The van der Waals surface area contributed by atoms with E-state index in [0.29, 0.717) is 0 Å². The first-order valence-corrected chi connectivity index (χ1v) is 8.36. The van der Waals surface area contributed by atoms with Crippen LogP contribution in [-0.2, 0) is 11.9 Å². The zero-order chi connectivity index (χ0) is 13.1. The normalized spacial score (nSPS) is 10.7. The molecule has 0 saturated carbocycles. The first-order valence-electron chi connectivity index (χ1n) is 5.56. The molecule has 1 aromatic heterocycles. The zero-order valence-corrected chi connectivity index (χ0v) is 14.3. The predicted octanol–water partition coefficient (Wildman–Crippen LogP) is 4.75. The van der Waals surface area contributed by atoms with Crippen LogP contribution in [-0.4, -0.2) is 12.0 Å². The number of aromatic nitrogens is 1. The molecule has 0 N–H and O–H groups in total. The molecule has 0 aliphatic heterocycles. The summed E-state index contributed by atoms with van der Waals surface area (Å²) in [5.74, 6) is 0. The summed E-state index contributed by atoms with van der Waals surface area (Å²) in [6.07, 6.45) is 0. The van der Waals surface area contributed by atoms with Gasteiger partial charge in [-0.1, -0.05) is 22.0 Å². The number of anilines is 1. The Bertz CT molecular complexity index is 540. The lowest BCUT2D eigenvalue weighted by Crippen LogP contribution is -2.17. The standard InChI is InChI=1S/C13H14Br2N2S/c1-9-16-11(8-18-9)7-17(2)13-4-3-10(6-14)5-12(13)15/h3-5,8H,6-7H2,1-2H3. The van der Waals surface area contributed by atoms with Crippen LogP contribution in [0.3, 0.4) is 0 Å². The minimum Gasteiger partial charge on any atom is -0.368 e. The molecular weight excluding hydrogens is 376 g/mol. The molecule has 0 amide bonds. The van der Waals surface area contributed by atoms with Crippen molar-refractivity contribution in [1.82, 2.24) is 4.98 Å². The molecule has 0 spiro atoms. The van der Waals surface area contributed by atoms with Crippen molar-refractivity contribution in [2.75, 3.05) is 11.9 Å². The molecule has 96 valence electrons. The van der Waals surface area contributed by atoms with Gasteiger partial charge in [-0.05, 0) is 40.5 Å². The number of nitrogens with zero attached hydrogens (tertiary/aromatic N) is 2. The molecule has 0 bridgehead atoms. The van der Waals surface area contributed by atoms with Gasteiger partial charge in [-0.25, -0.2) is 4.98 Å². The van der Waals surface area contributed by atoms with Crippen molar-refractivity contribution >= 4 is 48.9 Å². The van der Waals surface area contributed by atoms with Crippen LogP contribution < -0.4 is 4.90 Å². The van der Waals surface area contributed by atoms with Crippen LogP contribution in [0, 0.1) is 6.92 Å². The Morgan fingerprint density at radius 1 is 1.39 bits per heavy atom. The van der Waals surface area contributed by atoms with E-state index in [4.69, 9.17) is 0 Å². The molecule has 1 heterocycles. The fourth-order valence-electron chi connectivity index (χ4n) is 1.75. The molecule has 0 fully saturated rings. The summed E-state index contributed by atoms with van der Waals surface area (Å²) in [6.45, 7) is 2.87. The Morgan fingerprint density at radius 2 is 2.17 bits per heavy atom. The SMILES string of the molecule is Cc1nc(CN(C)c2ccc(CBr)cc2Br)cs1. The number of rotatable bonds is 4. The summed E-state index contributed by atoms with van der Waals surface area (Å²) in [5.41, 5.74) is 3.57. The number of aryl methyl sites for hydroxylation is 1. The van der Waals surface area contributed by atoms with E-state index < -0.39 is 0 Å². The molecular formula is C13H14Br2N2S. The molecule has 5 heteroatoms. The average molecular weight is 390 g/mol. The molecule has 0 radical (unpaired) electrons. The maximum atomic E-state index is 4.49. The van der Waals surface area contributed by atoms with Gasteiger partial charge in [0.2, 0.25) is 0 Å². The van der Waals surface area contributed by atoms with Crippen molar-refractivity contribution in [3.05, 3.63) is 44.3 Å². The van der Waals surface area contributed by atoms with Gasteiger partial charge in [0.15, 0.2) is 0 Å². The minimum atomic E-state index is 0.830. The van der Waals surface area contributed by atoms with Gasteiger partial charge < -0.3 is 4.90 Å². The van der Waals surface area contributed by atoms with Crippen molar-refractivity contribution < 1.29 is 0 Å². The second-order valence-electron chi connectivity index (χ2n) is 4.13. The molecule has 18 heavy (non-hydrogen) atoms. The van der Waals surface area contributed by atoms with Crippen LogP contribution >= 0.6 is 43.2 Å². The first kappa shape index (κ1) is 14.0. The molecule has 0 saturated heterocycles. The van der Waals surface area contributed by atoms with E-state index in [0.717, 1.165) is 27.0 Å². The summed E-state index contributed by atoms with van der Waals surface area (Å²) in [7, 11) is 2.09. The average Bonchev–Trinajstić information content (AvgIpc) is 2.74. The fraction of sp³-hybridized carbons (Fsp3) is 0.308. The van der Waals surface area contributed by atoms with Crippen LogP contribution in [0.15, 0.2) is 28.1 Å². The van der Waals surface area contributed by atoms with Gasteiger partial charge in [-0.15, -0.1) is 11.3 Å². The summed E-state index contributed by atoms with van der Waals surface area (Å²) < 4.78 is 1.12. The lowest BCUT2D eigenvalue weighted by molar-refractivity contribution is 0.887. The molecule has 2 aromatic rings. The molecule has 2 rings (SSSR count). The Labute approximate surface area is 128 Å². The largest absolute Gasteiger partial charge is 0.368 e. The van der Waals surface area contributed by atoms with Crippen LogP contribution in [0.2, 0.25) is 0 Å². The van der Waals surface area contributed by atoms with Gasteiger partial charge >= 0.3 is 0 Å².